The van der Waals surface area contributed by atoms with Crippen LogP contribution in [0, 0.1) is 5.92 Å². The second-order valence-corrected chi connectivity index (χ2v) is 8.12. The van der Waals surface area contributed by atoms with Gasteiger partial charge in [-0.1, -0.05) is 34.6 Å². The highest BCUT2D eigenvalue weighted by Crippen LogP contribution is 2.43. The van der Waals surface area contributed by atoms with Gasteiger partial charge in [0.2, 0.25) is 0 Å². The topological polar surface area (TPSA) is 30.5 Å². The third kappa shape index (κ3) is 2.37. The van der Waals surface area contributed by atoms with Gasteiger partial charge in [-0.15, -0.1) is 0 Å². The fourth-order valence-corrected chi connectivity index (χ4v) is 4.78. The molecule has 0 spiro atoms. The summed E-state index contributed by atoms with van der Waals surface area (Å²) in [6.45, 7) is 11.8. The van der Waals surface area contributed by atoms with E-state index in [9.17, 15) is 0 Å². The van der Waals surface area contributed by atoms with Gasteiger partial charge in [0.1, 0.15) is 0 Å². The van der Waals surface area contributed by atoms with Crippen LogP contribution in [-0.2, 0) is 8.85 Å². The first kappa shape index (κ1) is 14.1. The number of hydrogen-bond acceptors (Lipinski definition) is 3. The highest BCUT2D eigenvalue weighted by molar-refractivity contribution is 6.68. The van der Waals surface area contributed by atoms with E-state index in [1.165, 1.54) is 0 Å². The molecular formula is C10H25NO2Si. The van der Waals surface area contributed by atoms with Gasteiger partial charge >= 0.3 is 8.72 Å². The molecule has 0 saturated carbocycles. The summed E-state index contributed by atoms with van der Waals surface area (Å²) in [6, 6.07) is 0. The summed E-state index contributed by atoms with van der Waals surface area (Å²) in [6.07, 6.45) is 0. The van der Waals surface area contributed by atoms with E-state index in [0.717, 1.165) is 6.54 Å². The Morgan fingerprint density at radius 2 is 1.64 bits per heavy atom. The Labute approximate surface area is 89.5 Å². The van der Waals surface area contributed by atoms with Crippen LogP contribution in [0.5, 0.6) is 0 Å². The van der Waals surface area contributed by atoms with Crippen molar-refractivity contribution in [2.45, 2.75) is 39.7 Å². The van der Waals surface area contributed by atoms with Gasteiger partial charge < -0.3 is 8.85 Å². The average molecular weight is 219 g/mol. The largest absolute Gasteiger partial charge is 0.430 e. The second-order valence-electron chi connectivity index (χ2n) is 4.43. The Kier molecular flexibility index (Phi) is 5.29. The lowest BCUT2D eigenvalue weighted by Gasteiger charge is -2.43. The number of rotatable bonds is 6. The standard InChI is InChI=1S/C10H25NO2Si/c1-8-11-14(12-6,13-7)10(4,5)9(2)3/h9,11H,8H2,1-7H3. The highest BCUT2D eigenvalue weighted by atomic mass is 28.4. The Morgan fingerprint density at radius 3 is 1.86 bits per heavy atom. The molecule has 0 aromatic carbocycles. The summed E-state index contributed by atoms with van der Waals surface area (Å²) in [5, 5.41) is 0.0481. The molecule has 0 amide bonds. The van der Waals surface area contributed by atoms with Crippen LogP contribution < -0.4 is 4.98 Å². The van der Waals surface area contributed by atoms with Crippen molar-refractivity contribution < 1.29 is 8.85 Å². The van der Waals surface area contributed by atoms with Crippen molar-refractivity contribution in [2.24, 2.45) is 5.92 Å². The van der Waals surface area contributed by atoms with E-state index in [1.807, 2.05) is 0 Å². The summed E-state index contributed by atoms with van der Waals surface area (Å²) in [5.41, 5.74) is 0. The Hall–Kier alpha value is 0.0969. The average Bonchev–Trinajstić information content (AvgIpc) is 2.13. The van der Waals surface area contributed by atoms with E-state index in [2.05, 4.69) is 39.6 Å². The van der Waals surface area contributed by atoms with E-state index in [0.29, 0.717) is 5.92 Å². The van der Waals surface area contributed by atoms with Gasteiger partial charge in [-0.25, -0.2) is 0 Å². The quantitative estimate of drug-likeness (QED) is 0.695. The van der Waals surface area contributed by atoms with Crippen molar-refractivity contribution >= 4 is 8.72 Å². The zero-order chi connectivity index (χ0) is 11.4. The maximum Gasteiger partial charge on any atom is 0.430 e. The van der Waals surface area contributed by atoms with Crippen molar-refractivity contribution in [1.29, 1.82) is 0 Å². The van der Waals surface area contributed by atoms with Crippen LogP contribution >= 0.6 is 0 Å². The van der Waals surface area contributed by atoms with Gasteiger partial charge in [0.25, 0.3) is 0 Å². The second kappa shape index (κ2) is 5.26. The third-order valence-corrected chi connectivity index (χ3v) is 7.52. The number of hydrogen-bond donors (Lipinski definition) is 1. The molecule has 86 valence electrons. The molecule has 0 aliphatic heterocycles. The normalized spacial score (nSPS) is 13.7. The fourth-order valence-electron chi connectivity index (χ4n) is 1.59. The molecule has 0 aromatic heterocycles. The van der Waals surface area contributed by atoms with E-state index >= 15 is 0 Å². The van der Waals surface area contributed by atoms with Crippen molar-refractivity contribution in [1.82, 2.24) is 4.98 Å². The molecule has 0 rings (SSSR count). The minimum atomic E-state index is -2.28. The van der Waals surface area contributed by atoms with Crippen LogP contribution in [-0.4, -0.2) is 29.5 Å². The van der Waals surface area contributed by atoms with Crippen molar-refractivity contribution in [3.63, 3.8) is 0 Å². The minimum absolute atomic E-state index is 0.0481. The van der Waals surface area contributed by atoms with Crippen molar-refractivity contribution in [3.05, 3.63) is 0 Å². The molecule has 0 saturated heterocycles. The Morgan fingerprint density at radius 1 is 1.21 bits per heavy atom. The fraction of sp³-hybridized carbons (Fsp3) is 1.00. The lowest BCUT2D eigenvalue weighted by atomic mass is 9.99. The van der Waals surface area contributed by atoms with Crippen LogP contribution in [0.25, 0.3) is 0 Å². The molecular weight excluding hydrogens is 194 g/mol. The van der Waals surface area contributed by atoms with Crippen molar-refractivity contribution in [3.8, 4) is 0 Å². The maximum absolute atomic E-state index is 5.66. The zero-order valence-corrected chi connectivity index (χ0v) is 11.6. The summed E-state index contributed by atoms with van der Waals surface area (Å²) in [5.74, 6) is 0.521. The van der Waals surface area contributed by atoms with Crippen LogP contribution in [0.3, 0.4) is 0 Å². The molecule has 0 atom stereocenters. The first-order valence-corrected chi connectivity index (χ1v) is 7.05. The van der Waals surface area contributed by atoms with Crippen LogP contribution in [0.15, 0.2) is 0 Å². The molecule has 0 aromatic rings. The van der Waals surface area contributed by atoms with E-state index in [-0.39, 0.29) is 5.04 Å². The van der Waals surface area contributed by atoms with Gasteiger partial charge in [0.15, 0.2) is 0 Å². The SMILES string of the molecule is CCN[Si](OC)(OC)C(C)(C)C(C)C. The van der Waals surface area contributed by atoms with Crippen LogP contribution in [0.4, 0.5) is 0 Å². The molecule has 0 aliphatic carbocycles. The molecule has 0 aliphatic rings. The molecule has 0 heterocycles. The molecule has 4 heteroatoms. The van der Waals surface area contributed by atoms with E-state index in [1.54, 1.807) is 14.2 Å². The lowest BCUT2D eigenvalue weighted by Crippen LogP contribution is -2.63. The molecule has 14 heavy (non-hydrogen) atoms. The minimum Gasteiger partial charge on any atom is -0.386 e. The highest BCUT2D eigenvalue weighted by Gasteiger charge is 2.53. The Bertz CT molecular complexity index is 168. The molecule has 0 unspecified atom stereocenters. The predicted octanol–water partition coefficient (Wildman–Crippen LogP) is 2.26. The predicted molar refractivity (Wildman–Crippen MR) is 62.3 cm³/mol. The van der Waals surface area contributed by atoms with Gasteiger partial charge in [0, 0.05) is 19.3 Å². The van der Waals surface area contributed by atoms with Crippen molar-refractivity contribution in [2.75, 3.05) is 20.8 Å². The molecule has 1 N–H and O–H groups in total. The number of nitrogens with one attached hydrogen (secondary N) is 1. The summed E-state index contributed by atoms with van der Waals surface area (Å²) in [4.78, 5) is 3.41. The molecule has 0 fully saturated rings. The zero-order valence-electron chi connectivity index (χ0n) is 10.6. The Balaban J connectivity index is 4.95. The van der Waals surface area contributed by atoms with Gasteiger partial charge in [0.05, 0.1) is 0 Å². The summed E-state index contributed by atoms with van der Waals surface area (Å²) >= 11 is 0. The third-order valence-electron chi connectivity index (χ3n) is 3.28. The summed E-state index contributed by atoms with van der Waals surface area (Å²) < 4.78 is 11.3. The molecule has 3 nitrogen and oxygen atoms in total. The monoisotopic (exact) mass is 219 g/mol. The van der Waals surface area contributed by atoms with Gasteiger partial charge in [-0.05, 0) is 12.5 Å². The van der Waals surface area contributed by atoms with Crippen LogP contribution in [0.2, 0.25) is 5.04 Å². The first-order chi connectivity index (χ1) is 6.38. The van der Waals surface area contributed by atoms with E-state index < -0.39 is 8.72 Å². The maximum atomic E-state index is 5.66. The van der Waals surface area contributed by atoms with Crippen LogP contribution in [0.1, 0.15) is 34.6 Å². The van der Waals surface area contributed by atoms with E-state index in [4.69, 9.17) is 8.85 Å². The smallest absolute Gasteiger partial charge is 0.386 e. The van der Waals surface area contributed by atoms with Gasteiger partial charge in [-0.3, -0.25) is 4.98 Å². The summed E-state index contributed by atoms with van der Waals surface area (Å²) in [7, 11) is 1.19. The lowest BCUT2D eigenvalue weighted by molar-refractivity contribution is 0.179. The van der Waals surface area contributed by atoms with Gasteiger partial charge in [-0.2, -0.15) is 0 Å². The first-order valence-electron chi connectivity index (χ1n) is 5.23. The molecule has 0 radical (unpaired) electrons. The molecule has 0 bridgehead atoms.